The zero-order chi connectivity index (χ0) is 16.4. The van der Waals surface area contributed by atoms with Gasteiger partial charge in [-0.2, -0.15) is 0 Å². The van der Waals surface area contributed by atoms with Crippen molar-refractivity contribution in [1.82, 2.24) is 0 Å². The van der Waals surface area contributed by atoms with Crippen LogP contribution in [0.4, 0.5) is 0 Å². The Morgan fingerprint density at radius 1 is 0.478 bits per heavy atom. The predicted octanol–water partition coefficient (Wildman–Crippen LogP) is 7.05. The molecular formula is C21H21ClS. The van der Waals surface area contributed by atoms with E-state index in [-0.39, 0.29) is 0 Å². The van der Waals surface area contributed by atoms with Crippen molar-refractivity contribution in [3.05, 3.63) is 89.5 Å². The molecule has 0 aliphatic heterocycles. The fraction of sp³-hybridized carbons (Fsp3) is 0.143. The second-order valence-electron chi connectivity index (χ2n) is 5.98. The molecule has 2 heteroatoms. The molecule has 0 unspecified atom stereocenters. The molecule has 0 saturated carbocycles. The summed E-state index contributed by atoms with van der Waals surface area (Å²) in [5.41, 5.74) is 3.75. The number of halogens is 1. The fourth-order valence-electron chi connectivity index (χ4n) is 2.59. The summed E-state index contributed by atoms with van der Waals surface area (Å²) in [6.07, 6.45) is 0. The molecule has 0 spiro atoms. The lowest BCUT2D eigenvalue weighted by Gasteiger charge is -2.34. The van der Waals surface area contributed by atoms with Crippen LogP contribution >= 0.6 is 19.9 Å². The van der Waals surface area contributed by atoms with Crippen LogP contribution in [0.3, 0.4) is 0 Å². The molecule has 23 heavy (non-hydrogen) atoms. The van der Waals surface area contributed by atoms with Crippen LogP contribution in [0.15, 0.2) is 87.5 Å². The highest BCUT2D eigenvalue weighted by Crippen LogP contribution is 2.72. The van der Waals surface area contributed by atoms with Gasteiger partial charge in [-0.3, -0.25) is 0 Å². The van der Waals surface area contributed by atoms with Crippen molar-refractivity contribution < 1.29 is 0 Å². The Hall–Kier alpha value is -1.70. The minimum Gasteiger partial charge on any atom is -0.0810 e. The average molecular weight is 341 g/mol. The summed E-state index contributed by atoms with van der Waals surface area (Å²) in [4.78, 5) is 3.53. The van der Waals surface area contributed by atoms with Crippen LogP contribution < -0.4 is 0 Å². The van der Waals surface area contributed by atoms with E-state index >= 15 is 0 Å². The molecule has 3 aromatic rings. The molecule has 0 bridgehead atoms. The maximum atomic E-state index is 7.36. The van der Waals surface area contributed by atoms with Crippen LogP contribution in [-0.2, 0) is 0 Å². The number of hydrogen-bond donors (Lipinski definition) is 0. The number of hydrogen-bond acceptors (Lipinski definition) is 0. The normalized spacial score (nSPS) is 12.2. The van der Waals surface area contributed by atoms with Gasteiger partial charge in [-0.25, -0.2) is 0 Å². The second-order valence-corrected chi connectivity index (χ2v) is 9.86. The van der Waals surface area contributed by atoms with Gasteiger partial charge in [0, 0.05) is 14.7 Å². The van der Waals surface area contributed by atoms with Crippen molar-refractivity contribution in [3.63, 3.8) is 0 Å². The lowest BCUT2D eigenvalue weighted by molar-refractivity contribution is 1.28. The van der Waals surface area contributed by atoms with Gasteiger partial charge in [0.25, 0.3) is 0 Å². The highest BCUT2D eigenvalue weighted by Gasteiger charge is 2.28. The van der Waals surface area contributed by atoms with Crippen LogP contribution in [0.25, 0.3) is 0 Å². The molecule has 0 heterocycles. The SMILES string of the molecule is Cc1ccc(S(Cl)(c2ccc(C)cc2)c2ccc(C)cc2)cc1. The van der Waals surface area contributed by atoms with E-state index in [0.717, 1.165) is 0 Å². The summed E-state index contributed by atoms with van der Waals surface area (Å²) >= 11 is 0. The van der Waals surface area contributed by atoms with Gasteiger partial charge in [-0.1, -0.05) is 73.0 Å². The van der Waals surface area contributed by atoms with Gasteiger partial charge < -0.3 is 0 Å². The second kappa shape index (κ2) is 6.43. The Kier molecular flexibility index (Phi) is 4.52. The molecule has 3 aromatic carbocycles. The van der Waals surface area contributed by atoms with Gasteiger partial charge in [0.15, 0.2) is 0 Å². The topological polar surface area (TPSA) is 0 Å². The Balaban J connectivity index is 2.21. The van der Waals surface area contributed by atoms with E-state index in [1.165, 1.54) is 31.4 Å². The Morgan fingerprint density at radius 2 is 0.696 bits per heavy atom. The summed E-state index contributed by atoms with van der Waals surface area (Å²) in [5, 5.41) is 0. The van der Waals surface area contributed by atoms with Crippen LogP contribution in [0.5, 0.6) is 0 Å². The van der Waals surface area contributed by atoms with Crippen molar-refractivity contribution >= 4 is 19.9 Å². The Labute approximate surface area is 145 Å². The monoisotopic (exact) mass is 340 g/mol. The summed E-state index contributed by atoms with van der Waals surface area (Å²) in [5.74, 6) is 0. The van der Waals surface area contributed by atoms with E-state index in [1.54, 1.807) is 0 Å². The smallest absolute Gasteiger partial charge is 0.0117 e. The third-order valence-electron chi connectivity index (χ3n) is 4.04. The van der Waals surface area contributed by atoms with Crippen LogP contribution in [-0.4, -0.2) is 0 Å². The third-order valence-corrected chi connectivity index (χ3v) is 8.41. The Bertz CT molecular complexity index is 676. The zero-order valence-electron chi connectivity index (χ0n) is 13.7. The molecular weight excluding hydrogens is 320 g/mol. The highest BCUT2D eigenvalue weighted by molar-refractivity contribution is 8.51. The van der Waals surface area contributed by atoms with Crippen molar-refractivity contribution in [1.29, 1.82) is 0 Å². The lowest BCUT2D eigenvalue weighted by Crippen LogP contribution is -1.97. The molecule has 0 aliphatic carbocycles. The molecule has 0 saturated heterocycles. The molecule has 0 amide bonds. The van der Waals surface area contributed by atoms with E-state index in [1.807, 2.05) is 0 Å². The fourth-order valence-corrected chi connectivity index (χ4v) is 5.86. The molecule has 0 aromatic heterocycles. The lowest BCUT2D eigenvalue weighted by atomic mass is 10.2. The van der Waals surface area contributed by atoms with Gasteiger partial charge in [0.05, 0.1) is 0 Å². The molecule has 0 nitrogen and oxygen atoms in total. The summed E-state index contributed by atoms with van der Waals surface area (Å²) in [7, 11) is 5.60. The zero-order valence-corrected chi connectivity index (χ0v) is 15.3. The molecule has 0 aliphatic rings. The number of benzene rings is 3. The standard InChI is InChI=1S/C21H21ClS/c1-16-4-10-19(11-5-16)23(22,20-12-6-17(2)7-13-20)21-14-8-18(3)9-15-21/h4-15H,1-3H3. The quantitative estimate of drug-likeness (QED) is 0.479. The summed E-state index contributed by atoms with van der Waals surface area (Å²) in [6.45, 7) is 6.31. The van der Waals surface area contributed by atoms with Crippen molar-refractivity contribution in [2.45, 2.75) is 35.5 Å². The van der Waals surface area contributed by atoms with Crippen LogP contribution in [0.2, 0.25) is 0 Å². The maximum absolute atomic E-state index is 7.36. The highest BCUT2D eigenvalue weighted by atomic mass is 35.7. The molecule has 0 N–H and O–H groups in total. The first-order valence-electron chi connectivity index (χ1n) is 7.73. The summed E-state index contributed by atoms with van der Waals surface area (Å²) in [6, 6.07) is 25.8. The third kappa shape index (κ3) is 3.17. The van der Waals surface area contributed by atoms with E-state index in [9.17, 15) is 0 Å². The van der Waals surface area contributed by atoms with Gasteiger partial charge in [-0.15, -0.1) is 0 Å². The number of aryl methyl sites for hydroxylation is 3. The van der Waals surface area contributed by atoms with Crippen molar-refractivity contribution in [3.8, 4) is 0 Å². The predicted molar refractivity (Wildman–Crippen MR) is 102 cm³/mol. The minimum absolute atomic E-state index is 1.18. The van der Waals surface area contributed by atoms with Gasteiger partial charge >= 0.3 is 0 Å². The molecule has 0 fully saturated rings. The molecule has 118 valence electrons. The first-order chi connectivity index (χ1) is 11.0. The van der Waals surface area contributed by atoms with Gasteiger partial charge in [-0.05, 0) is 57.2 Å². The Morgan fingerprint density at radius 3 is 0.913 bits per heavy atom. The average Bonchev–Trinajstić information content (AvgIpc) is 2.56. The van der Waals surface area contributed by atoms with E-state index < -0.39 is 9.24 Å². The maximum Gasteiger partial charge on any atom is 0.0117 e. The number of rotatable bonds is 3. The van der Waals surface area contributed by atoms with E-state index in [4.69, 9.17) is 10.7 Å². The minimum atomic E-state index is -1.75. The summed E-state index contributed by atoms with van der Waals surface area (Å²) < 4.78 is 0. The van der Waals surface area contributed by atoms with Crippen LogP contribution in [0, 0.1) is 20.8 Å². The molecule has 0 atom stereocenters. The van der Waals surface area contributed by atoms with E-state index in [0.29, 0.717) is 0 Å². The van der Waals surface area contributed by atoms with Crippen molar-refractivity contribution in [2.75, 3.05) is 0 Å². The first-order valence-corrected chi connectivity index (χ1v) is 10.2. The molecule has 3 rings (SSSR count). The molecule has 0 radical (unpaired) electrons. The van der Waals surface area contributed by atoms with Crippen molar-refractivity contribution in [2.24, 2.45) is 0 Å². The largest absolute Gasteiger partial charge is 0.0810 e. The van der Waals surface area contributed by atoms with Gasteiger partial charge in [0.2, 0.25) is 0 Å². The first kappa shape index (κ1) is 16.2. The van der Waals surface area contributed by atoms with Gasteiger partial charge in [0.1, 0.15) is 0 Å². The van der Waals surface area contributed by atoms with Crippen LogP contribution in [0.1, 0.15) is 16.7 Å². The van der Waals surface area contributed by atoms with E-state index in [2.05, 4.69) is 93.6 Å².